The van der Waals surface area contributed by atoms with E-state index in [1.54, 1.807) is 0 Å². The van der Waals surface area contributed by atoms with Crippen molar-refractivity contribution >= 4 is 24.2 Å². The van der Waals surface area contributed by atoms with Gasteiger partial charge in [-0.05, 0) is 57.3 Å². The van der Waals surface area contributed by atoms with E-state index in [2.05, 4.69) is 26.8 Å². The lowest BCUT2D eigenvalue weighted by Crippen LogP contribution is -2.51. The van der Waals surface area contributed by atoms with Crippen molar-refractivity contribution in [2.24, 2.45) is 0 Å². The fourth-order valence-electron chi connectivity index (χ4n) is 2.36. The summed E-state index contributed by atoms with van der Waals surface area (Å²) in [6, 6.07) is 5.90. The van der Waals surface area contributed by atoms with E-state index in [0.717, 1.165) is 22.5 Å². The number of rotatable bonds is 1. The van der Waals surface area contributed by atoms with Gasteiger partial charge in [0.05, 0.1) is 5.60 Å². The van der Waals surface area contributed by atoms with Crippen LogP contribution in [0.1, 0.15) is 32.8 Å². The Labute approximate surface area is 108 Å². The maximum atomic E-state index is 6.07. The Morgan fingerprint density at radius 3 is 2.65 bits per heavy atom. The van der Waals surface area contributed by atoms with Gasteiger partial charge in [-0.2, -0.15) is 0 Å². The van der Waals surface area contributed by atoms with Crippen molar-refractivity contribution in [2.75, 3.05) is 0 Å². The first kappa shape index (κ1) is 12.9. The van der Waals surface area contributed by atoms with E-state index in [-0.39, 0.29) is 18.8 Å². The van der Waals surface area contributed by atoms with Crippen LogP contribution in [-0.2, 0) is 9.31 Å². The average Bonchev–Trinajstić information content (AvgIpc) is 2.12. The standard InChI is InChI=1S/C13H18BClO2/c1-9-5-11(7-12(15)6-9)14-16-10(2)8-13(3,4)17-14/h5-7,10H,8H2,1-4H3. The zero-order valence-electron chi connectivity index (χ0n) is 10.8. The van der Waals surface area contributed by atoms with Crippen LogP contribution in [0.4, 0.5) is 0 Å². The van der Waals surface area contributed by atoms with Crippen molar-refractivity contribution < 1.29 is 9.31 Å². The Morgan fingerprint density at radius 1 is 1.35 bits per heavy atom. The first-order valence-electron chi connectivity index (χ1n) is 5.96. The number of hydrogen-bond acceptors (Lipinski definition) is 2. The van der Waals surface area contributed by atoms with Gasteiger partial charge < -0.3 is 9.31 Å². The van der Waals surface area contributed by atoms with Gasteiger partial charge in [-0.15, -0.1) is 0 Å². The lowest BCUT2D eigenvalue weighted by Gasteiger charge is -2.38. The molecule has 1 atom stereocenters. The summed E-state index contributed by atoms with van der Waals surface area (Å²) in [4.78, 5) is 0. The van der Waals surface area contributed by atoms with E-state index < -0.39 is 0 Å². The SMILES string of the molecule is Cc1cc(Cl)cc(B2OC(C)CC(C)(C)O2)c1. The van der Waals surface area contributed by atoms with E-state index >= 15 is 0 Å². The molecule has 0 amide bonds. The maximum absolute atomic E-state index is 6.07. The van der Waals surface area contributed by atoms with Gasteiger partial charge in [-0.25, -0.2) is 0 Å². The molecule has 1 saturated heterocycles. The molecule has 0 aromatic heterocycles. The van der Waals surface area contributed by atoms with Gasteiger partial charge in [0.1, 0.15) is 0 Å². The highest BCUT2D eigenvalue weighted by Crippen LogP contribution is 2.26. The molecule has 1 aliphatic rings. The second-order valence-corrected chi connectivity index (χ2v) is 5.86. The molecule has 1 aromatic rings. The summed E-state index contributed by atoms with van der Waals surface area (Å²) >= 11 is 6.07. The Hall–Kier alpha value is -0.505. The van der Waals surface area contributed by atoms with Crippen molar-refractivity contribution in [1.29, 1.82) is 0 Å². The summed E-state index contributed by atoms with van der Waals surface area (Å²) in [6.45, 7) is 8.29. The Kier molecular flexibility index (Phi) is 3.53. The lowest BCUT2D eigenvalue weighted by molar-refractivity contribution is -0.0229. The number of benzene rings is 1. The monoisotopic (exact) mass is 252 g/mol. The van der Waals surface area contributed by atoms with E-state index in [4.69, 9.17) is 20.9 Å². The van der Waals surface area contributed by atoms with Crippen LogP contribution >= 0.6 is 11.6 Å². The van der Waals surface area contributed by atoms with Gasteiger partial charge in [0.15, 0.2) is 0 Å². The van der Waals surface area contributed by atoms with Gasteiger partial charge >= 0.3 is 7.12 Å². The van der Waals surface area contributed by atoms with Gasteiger partial charge in [-0.1, -0.05) is 17.7 Å². The van der Waals surface area contributed by atoms with E-state index in [0.29, 0.717) is 0 Å². The third-order valence-electron chi connectivity index (χ3n) is 2.90. The second kappa shape index (κ2) is 4.64. The molecule has 0 bridgehead atoms. The summed E-state index contributed by atoms with van der Waals surface area (Å²) in [5.41, 5.74) is 1.96. The molecule has 1 unspecified atom stereocenters. The topological polar surface area (TPSA) is 18.5 Å². The smallest absolute Gasteiger partial charge is 0.405 e. The minimum atomic E-state index is -0.314. The van der Waals surface area contributed by atoms with Crippen LogP contribution in [-0.4, -0.2) is 18.8 Å². The minimum Gasteiger partial charge on any atom is -0.405 e. The van der Waals surface area contributed by atoms with Gasteiger partial charge in [-0.3, -0.25) is 0 Å². The van der Waals surface area contributed by atoms with Crippen molar-refractivity contribution in [3.8, 4) is 0 Å². The van der Waals surface area contributed by atoms with Crippen LogP contribution in [0.3, 0.4) is 0 Å². The molecule has 1 aromatic carbocycles. The molecule has 0 radical (unpaired) electrons. The van der Waals surface area contributed by atoms with Crippen molar-refractivity contribution in [2.45, 2.75) is 45.8 Å². The summed E-state index contributed by atoms with van der Waals surface area (Å²) in [5.74, 6) is 0. The number of halogens is 1. The fourth-order valence-corrected chi connectivity index (χ4v) is 2.66. The third-order valence-corrected chi connectivity index (χ3v) is 3.12. The van der Waals surface area contributed by atoms with Crippen LogP contribution in [0.5, 0.6) is 0 Å². The number of hydrogen-bond donors (Lipinski definition) is 0. The van der Waals surface area contributed by atoms with Gasteiger partial charge in [0.2, 0.25) is 0 Å². The van der Waals surface area contributed by atoms with Crippen LogP contribution in [0, 0.1) is 6.92 Å². The molecule has 0 aliphatic carbocycles. The molecule has 0 saturated carbocycles. The largest absolute Gasteiger partial charge is 0.494 e. The highest BCUT2D eigenvalue weighted by Gasteiger charge is 2.38. The molecule has 4 heteroatoms. The minimum absolute atomic E-state index is 0.154. The first-order chi connectivity index (χ1) is 7.85. The average molecular weight is 253 g/mol. The highest BCUT2D eigenvalue weighted by atomic mass is 35.5. The predicted octanol–water partition coefficient (Wildman–Crippen LogP) is 2.95. The molecule has 0 N–H and O–H groups in total. The van der Waals surface area contributed by atoms with Gasteiger partial charge in [0.25, 0.3) is 0 Å². The summed E-state index contributed by atoms with van der Waals surface area (Å²) in [6.07, 6.45) is 1.10. The molecule has 2 rings (SSSR count). The molecule has 1 aliphatic heterocycles. The molecule has 2 nitrogen and oxygen atoms in total. The van der Waals surface area contributed by atoms with Crippen LogP contribution in [0.25, 0.3) is 0 Å². The molecule has 92 valence electrons. The lowest BCUT2D eigenvalue weighted by atomic mass is 9.74. The molecule has 17 heavy (non-hydrogen) atoms. The van der Waals surface area contributed by atoms with E-state index in [9.17, 15) is 0 Å². The molecule has 0 spiro atoms. The Bertz CT molecular complexity index is 400. The van der Waals surface area contributed by atoms with Crippen molar-refractivity contribution in [1.82, 2.24) is 0 Å². The maximum Gasteiger partial charge on any atom is 0.494 e. The quantitative estimate of drug-likeness (QED) is 0.716. The highest BCUT2D eigenvalue weighted by molar-refractivity contribution is 6.62. The molecular formula is C13H18BClO2. The van der Waals surface area contributed by atoms with E-state index in [1.807, 2.05) is 19.1 Å². The summed E-state index contributed by atoms with van der Waals surface area (Å²) in [7, 11) is -0.314. The van der Waals surface area contributed by atoms with Crippen LogP contribution in [0.2, 0.25) is 5.02 Å². The third kappa shape index (κ3) is 3.24. The van der Waals surface area contributed by atoms with Crippen molar-refractivity contribution in [3.63, 3.8) is 0 Å². The van der Waals surface area contributed by atoms with Gasteiger partial charge in [0, 0.05) is 11.1 Å². The summed E-state index contributed by atoms with van der Waals surface area (Å²) < 4.78 is 11.8. The second-order valence-electron chi connectivity index (χ2n) is 5.42. The number of aryl methyl sites for hydroxylation is 1. The normalized spacial score (nSPS) is 23.8. The van der Waals surface area contributed by atoms with E-state index in [1.165, 1.54) is 0 Å². The zero-order valence-corrected chi connectivity index (χ0v) is 11.5. The predicted molar refractivity (Wildman–Crippen MR) is 71.9 cm³/mol. The molecular weight excluding hydrogens is 234 g/mol. The zero-order chi connectivity index (χ0) is 12.6. The van der Waals surface area contributed by atoms with Crippen LogP contribution < -0.4 is 5.46 Å². The Balaban J connectivity index is 2.26. The van der Waals surface area contributed by atoms with Crippen molar-refractivity contribution in [3.05, 3.63) is 28.8 Å². The fraction of sp³-hybridized carbons (Fsp3) is 0.538. The first-order valence-corrected chi connectivity index (χ1v) is 6.34. The molecule has 1 heterocycles. The van der Waals surface area contributed by atoms with Crippen LogP contribution in [0.15, 0.2) is 18.2 Å². The molecule has 1 fully saturated rings. The summed E-state index contributed by atoms with van der Waals surface area (Å²) in [5, 5.41) is 0.725. The Morgan fingerprint density at radius 2 is 2.06 bits per heavy atom.